The fourth-order valence-electron chi connectivity index (χ4n) is 1.97. The first-order chi connectivity index (χ1) is 8.41. The first-order valence-corrected chi connectivity index (χ1v) is 5.92. The molecule has 1 heterocycles. The number of hydrogen-bond donors (Lipinski definition) is 0. The lowest BCUT2D eigenvalue weighted by Gasteiger charge is -2.17. The van der Waals surface area contributed by atoms with Crippen molar-refractivity contribution in [1.82, 2.24) is 14.0 Å². The summed E-state index contributed by atoms with van der Waals surface area (Å²) >= 11 is 0. The number of carbonyl (C=O) groups excluding carboxylic acids is 1. The number of carbonyl (C=O) groups is 1. The number of amides is 1. The van der Waals surface area contributed by atoms with Crippen molar-refractivity contribution < 1.29 is 4.79 Å². The molecule has 0 atom stereocenters. The summed E-state index contributed by atoms with van der Waals surface area (Å²) in [5.41, 5.74) is -0.246. The van der Waals surface area contributed by atoms with E-state index in [1.54, 1.807) is 19.0 Å². The molecular formula is C12H17N3O3. The average molecular weight is 251 g/mol. The third-order valence-electron chi connectivity index (χ3n) is 3.23. The van der Waals surface area contributed by atoms with E-state index in [9.17, 15) is 14.4 Å². The predicted octanol–water partition coefficient (Wildman–Crippen LogP) is -0.548. The number of aryl methyl sites for hydroxylation is 1. The molecule has 1 aromatic heterocycles. The van der Waals surface area contributed by atoms with Crippen molar-refractivity contribution in [2.45, 2.75) is 19.4 Å². The Morgan fingerprint density at radius 2 is 2.00 bits per heavy atom. The van der Waals surface area contributed by atoms with Gasteiger partial charge in [-0.3, -0.25) is 14.2 Å². The minimum atomic E-state index is -0.361. The SMILES string of the molecule is CN(Cc1cn(C)c(=O)n(C)c1=O)C(=O)C1CC1. The number of rotatable bonds is 3. The van der Waals surface area contributed by atoms with Crippen LogP contribution in [0.2, 0.25) is 0 Å². The summed E-state index contributed by atoms with van der Waals surface area (Å²) in [6.07, 6.45) is 3.38. The number of hydrogen-bond acceptors (Lipinski definition) is 3. The maximum absolute atomic E-state index is 11.9. The summed E-state index contributed by atoms with van der Waals surface area (Å²) in [5, 5.41) is 0. The van der Waals surface area contributed by atoms with Crippen LogP contribution in [0.5, 0.6) is 0 Å². The molecule has 6 nitrogen and oxygen atoms in total. The van der Waals surface area contributed by atoms with Crippen LogP contribution in [0.4, 0.5) is 0 Å². The first kappa shape index (κ1) is 12.6. The second-order valence-electron chi connectivity index (χ2n) is 4.88. The van der Waals surface area contributed by atoms with E-state index in [1.807, 2.05) is 0 Å². The summed E-state index contributed by atoms with van der Waals surface area (Å²) in [4.78, 5) is 36.8. The van der Waals surface area contributed by atoms with E-state index in [2.05, 4.69) is 0 Å². The van der Waals surface area contributed by atoms with Gasteiger partial charge in [0.25, 0.3) is 5.56 Å². The molecule has 1 aliphatic carbocycles. The molecule has 18 heavy (non-hydrogen) atoms. The minimum Gasteiger partial charge on any atom is -0.341 e. The molecule has 0 aromatic carbocycles. The molecule has 0 saturated heterocycles. The van der Waals surface area contributed by atoms with Crippen LogP contribution in [0.1, 0.15) is 18.4 Å². The molecule has 0 N–H and O–H groups in total. The molecule has 6 heteroatoms. The molecule has 98 valence electrons. The molecule has 1 amide bonds. The summed E-state index contributed by atoms with van der Waals surface area (Å²) in [6, 6.07) is 0. The van der Waals surface area contributed by atoms with Crippen LogP contribution in [-0.2, 0) is 25.4 Å². The molecule has 0 radical (unpaired) electrons. The van der Waals surface area contributed by atoms with Gasteiger partial charge in [0.1, 0.15) is 0 Å². The van der Waals surface area contributed by atoms with Crippen LogP contribution >= 0.6 is 0 Å². The summed E-state index contributed by atoms with van der Waals surface area (Å²) < 4.78 is 2.41. The molecule has 0 aliphatic heterocycles. The monoisotopic (exact) mass is 251 g/mol. The Morgan fingerprint density at radius 3 is 2.56 bits per heavy atom. The van der Waals surface area contributed by atoms with Gasteiger partial charge in [0.15, 0.2) is 0 Å². The van der Waals surface area contributed by atoms with Gasteiger partial charge in [-0.2, -0.15) is 0 Å². The Labute approximate surface area is 104 Å². The topological polar surface area (TPSA) is 64.3 Å². The van der Waals surface area contributed by atoms with Crippen LogP contribution < -0.4 is 11.2 Å². The van der Waals surface area contributed by atoms with Crippen molar-refractivity contribution in [3.63, 3.8) is 0 Å². The largest absolute Gasteiger partial charge is 0.341 e. The molecule has 1 saturated carbocycles. The van der Waals surface area contributed by atoms with Crippen LogP contribution in [0, 0.1) is 5.92 Å². The lowest BCUT2D eigenvalue weighted by atomic mass is 10.3. The van der Waals surface area contributed by atoms with E-state index >= 15 is 0 Å². The van der Waals surface area contributed by atoms with Crippen molar-refractivity contribution in [1.29, 1.82) is 0 Å². The summed E-state index contributed by atoms with van der Waals surface area (Å²) in [6.45, 7) is 0.246. The van der Waals surface area contributed by atoms with Gasteiger partial charge in [0.05, 0.1) is 12.1 Å². The molecule has 1 aliphatic rings. The zero-order chi connectivity index (χ0) is 13.4. The lowest BCUT2D eigenvalue weighted by Crippen LogP contribution is -2.40. The quantitative estimate of drug-likeness (QED) is 0.724. The highest BCUT2D eigenvalue weighted by molar-refractivity contribution is 5.80. The molecule has 1 fully saturated rings. The lowest BCUT2D eigenvalue weighted by molar-refractivity contribution is -0.131. The smallest absolute Gasteiger partial charge is 0.330 e. The third-order valence-corrected chi connectivity index (χ3v) is 3.23. The summed E-state index contributed by atoms with van der Waals surface area (Å²) in [5.74, 6) is 0.206. The maximum atomic E-state index is 11.9. The van der Waals surface area contributed by atoms with E-state index in [0.717, 1.165) is 17.4 Å². The van der Waals surface area contributed by atoms with Crippen LogP contribution in [0.15, 0.2) is 15.8 Å². The second kappa shape index (κ2) is 4.44. The Hall–Kier alpha value is -1.85. The predicted molar refractivity (Wildman–Crippen MR) is 66.1 cm³/mol. The number of nitrogens with zero attached hydrogens (tertiary/aromatic N) is 3. The molecule has 0 spiro atoms. The van der Waals surface area contributed by atoms with E-state index in [4.69, 9.17) is 0 Å². The Balaban J connectivity index is 2.26. The molecule has 1 aromatic rings. The zero-order valence-corrected chi connectivity index (χ0v) is 10.8. The van der Waals surface area contributed by atoms with Gasteiger partial charge in [-0.05, 0) is 12.8 Å². The van der Waals surface area contributed by atoms with Crippen molar-refractivity contribution in [3.05, 3.63) is 32.6 Å². The Kier molecular flexibility index (Phi) is 3.11. The Morgan fingerprint density at radius 1 is 1.39 bits per heavy atom. The number of aromatic nitrogens is 2. The van der Waals surface area contributed by atoms with Gasteiger partial charge in [-0.1, -0.05) is 0 Å². The van der Waals surface area contributed by atoms with Gasteiger partial charge >= 0.3 is 5.69 Å². The molecule has 0 unspecified atom stereocenters. The van der Waals surface area contributed by atoms with Crippen molar-refractivity contribution in [2.24, 2.45) is 20.0 Å². The highest BCUT2D eigenvalue weighted by Gasteiger charge is 2.32. The van der Waals surface area contributed by atoms with Crippen molar-refractivity contribution in [3.8, 4) is 0 Å². The van der Waals surface area contributed by atoms with Gasteiger partial charge < -0.3 is 9.47 Å². The van der Waals surface area contributed by atoms with E-state index in [-0.39, 0.29) is 29.6 Å². The molecule has 0 bridgehead atoms. The van der Waals surface area contributed by atoms with Gasteiger partial charge in [0.2, 0.25) is 5.91 Å². The maximum Gasteiger partial charge on any atom is 0.330 e. The minimum absolute atomic E-state index is 0.0749. The molecular weight excluding hydrogens is 234 g/mol. The fraction of sp³-hybridized carbons (Fsp3) is 0.583. The second-order valence-corrected chi connectivity index (χ2v) is 4.88. The van der Waals surface area contributed by atoms with Crippen molar-refractivity contribution >= 4 is 5.91 Å². The van der Waals surface area contributed by atoms with Crippen LogP contribution in [0.25, 0.3) is 0 Å². The third kappa shape index (κ3) is 2.23. The van der Waals surface area contributed by atoms with Gasteiger partial charge in [-0.15, -0.1) is 0 Å². The fourth-order valence-corrected chi connectivity index (χ4v) is 1.97. The van der Waals surface area contributed by atoms with E-state index in [1.165, 1.54) is 17.8 Å². The molecule has 2 rings (SSSR count). The highest BCUT2D eigenvalue weighted by atomic mass is 16.2. The van der Waals surface area contributed by atoms with Crippen molar-refractivity contribution in [2.75, 3.05) is 7.05 Å². The standard InChI is InChI=1S/C12H17N3O3/c1-13(10(16)8-4-5-8)6-9-7-14(2)12(18)15(3)11(9)17/h7-8H,4-6H2,1-3H3. The first-order valence-electron chi connectivity index (χ1n) is 5.92. The van der Waals surface area contributed by atoms with E-state index in [0.29, 0.717) is 5.56 Å². The van der Waals surface area contributed by atoms with Crippen LogP contribution in [0.3, 0.4) is 0 Å². The average Bonchev–Trinajstić information content (AvgIpc) is 3.16. The van der Waals surface area contributed by atoms with E-state index < -0.39 is 0 Å². The zero-order valence-electron chi connectivity index (χ0n) is 10.8. The van der Waals surface area contributed by atoms with Gasteiger partial charge in [-0.25, -0.2) is 4.79 Å². The Bertz CT molecular complexity index is 596. The van der Waals surface area contributed by atoms with Gasteiger partial charge in [0, 0.05) is 33.3 Å². The van der Waals surface area contributed by atoms with Crippen LogP contribution in [-0.4, -0.2) is 27.0 Å². The normalized spacial score (nSPS) is 14.6. The summed E-state index contributed by atoms with van der Waals surface area (Å²) in [7, 11) is 4.72. The highest BCUT2D eigenvalue weighted by Crippen LogP contribution is 2.30.